The molecule has 0 atom stereocenters. The monoisotopic (exact) mass is 277 g/mol. The Morgan fingerprint density at radius 3 is 2.56 bits per heavy atom. The van der Waals surface area contributed by atoms with Gasteiger partial charge in [-0.2, -0.15) is 0 Å². The van der Waals surface area contributed by atoms with Crippen LogP contribution in [-0.2, 0) is 4.79 Å². The molecule has 1 fully saturated rings. The third-order valence-corrected chi connectivity index (χ3v) is 3.50. The maximum atomic E-state index is 11.4. The second kappa shape index (κ2) is 10.6. The number of carbonyl (C=O) groups excluding carboxylic acids is 1. The van der Waals surface area contributed by atoms with Crippen LogP contribution in [0.15, 0.2) is 0 Å². The highest BCUT2D eigenvalue weighted by Gasteiger charge is 2.15. The van der Waals surface area contributed by atoms with E-state index in [1.165, 1.54) is 19.3 Å². The van der Waals surface area contributed by atoms with Crippen LogP contribution in [0.1, 0.15) is 32.6 Å². The predicted octanol–water partition coefficient (Wildman–Crippen LogP) is 1.26. The van der Waals surface area contributed by atoms with Crippen LogP contribution in [0, 0.1) is 5.92 Å². The fourth-order valence-corrected chi connectivity index (χ4v) is 2.40. The Labute approximate surface area is 117 Å². The largest absolute Gasteiger partial charge is 0.358 e. The SMILES string of the molecule is CCCN(CCC1CCNCC1)CC(=O)NC.Cl. The molecule has 0 unspecified atom stereocenters. The Bertz CT molecular complexity index is 220. The lowest BCUT2D eigenvalue weighted by Gasteiger charge is -2.26. The first kappa shape index (κ1) is 17.7. The van der Waals surface area contributed by atoms with Gasteiger partial charge < -0.3 is 10.6 Å². The summed E-state index contributed by atoms with van der Waals surface area (Å²) >= 11 is 0. The number of halogens is 1. The molecule has 1 heterocycles. The van der Waals surface area contributed by atoms with Crippen molar-refractivity contribution in [2.75, 3.05) is 39.8 Å². The zero-order valence-corrected chi connectivity index (χ0v) is 12.5. The second-order valence-corrected chi connectivity index (χ2v) is 4.93. The van der Waals surface area contributed by atoms with Gasteiger partial charge in [-0.3, -0.25) is 9.69 Å². The Balaban J connectivity index is 0.00000289. The molecule has 2 N–H and O–H groups in total. The number of likely N-dealkylation sites (N-methyl/N-ethyl adjacent to an activating group) is 1. The maximum Gasteiger partial charge on any atom is 0.233 e. The highest BCUT2D eigenvalue weighted by Crippen LogP contribution is 2.16. The molecule has 18 heavy (non-hydrogen) atoms. The summed E-state index contributed by atoms with van der Waals surface area (Å²) in [7, 11) is 1.71. The molecule has 1 rings (SSSR count). The van der Waals surface area contributed by atoms with Crippen LogP contribution in [0.25, 0.3) is 0 Å². The van der Waals surface area contributed by atoms with Crippen molar-refractivity contribution in [3.05, 3.63) is 0 Å². The van der Waals surface area contributed by atoms with E-state index in [0.717, 1.165) is 38.5 Å². The molecule has 108 valence electrons. The van der Waals surface area contributed by atoms with Gasteiger partial charge in [0, 0.05) is 7.05 Å². The van der Waals surface area contributed by atoms with Crippen molar-refractivity contribution in [1.82, 2.24) is 15.5 Å². The minimum absolute atomic E-state index is 0. The van der Waals surface area contributed by atoms with Crippen LogP contribution < -0.4 is 10.6 Å². The molecule has 0 aliphatic carbocycles. The van der Waals surface area contributed by atoms with E-state index in [-0.39, 0.29) is 18.3 Å². The Hall–Kier alpha value is -0.320. The van der Waals surface area contributed by atoms with Crippen LogP contribution in [-0.4, -0.2) is 50.6 Å². The number of amides is 1. The molecule has 4 nitrogen and oxygen atoms in total. The third-order valence-electron chi connectivity index (χ3n) is 3.50. The fourth-order valence-electron chi connectivity index (χ4n) is 2.40. The van der Waals surface area contributed by atoms with Crippen LogP contribution in [0.3, 0.4) is 0 Å². The summed E-state index contributed by atoms with van der Waals surface area (Å²) in [4.78, 5) is 13.7. The summed E-state index contributed by atoms with van der Waals surface area (Å²) in [5, 5.41) is 6.09. The molecule has 1 amide bonds. The summed E-state index contributed by atoms with van der Waals surface area (Å²) in [6, 6.07) is 0. The number of piperidine rings is 1. The second-order valence-electron chi connectivity index (χ2n) is 4.93. The summed E-state index contributed by atoms with van der Waals surface area (Å²) < 4.78 is 0. The summed E-state index contributed by atoms with van der Waals surface area (Å²) in [5.74, 6) is 0.976. The summed E-state index contributed by atoms with van der Waals surface area (Å²) in [6.45, 7) is 7.13. The Morgan fingerprint density at radius 1 is 1.33 bits per heavy atom. The van der Waals surface area contributed by atoms with Gasteiger partial charge in [-0.25, -0.2) is 0 Å². The van der Waals surface area contributed by atoms with E-state index in [4.69, 9.17) is 0 Å². The number of hydrogen-bond acceptors (Lipinski definition) is 3. The maximum absolute atomic E-state index is 11.4. The molecule has 5 heteroatoms. The molecule has 0 aromatic carbocycles. The lowest BCUT2D eigenvalue weighted by atomic mass is 9.94. The van der Waals surface area contributed by atoms with Gasteiger partial charge in [0.15, 0.2) is 0 Å². The van der Waals surface area contributed by atoms with Crippen LogP contribution in [0.4, 0.5) is 0 Å². The van der Waals surface area contributed by atoms with Gasteiger partial charge in [-0.05, 0) is 57.8 Å². The summed E-state index contributed by atoms with van der Waals surface area (Å²) in [5.41, 5.74) is 0. The van der Waals surface area contributed by atoms with Gasteiger partial charge in [0.05, 0.1) is 6.54 Å². The van der Waals surface area contributed by atoms with Crippen molar-refractivity contribution in [3.8, 4) is 0 Å². The molecule has 0 aromatic heterocycles. The van der Waals surface area contributed by atoms with Crippen molar-refractivity contribution in [3.63, 3.8) is 0 Å². The lowest BCUT2D eigenvalue weighted by Crippen LogP contribution is -2.38. The van der Waals surface area contributed by atoms with Crippen molar-refractivity contribution >= 4 is 18.3 Å². The molecule has 0 aromatic rings. The van der Waals surface area contributed by atoms with Crippen molar-refractivity contribution in [2.45, 2.75) is 32.6 Å². The van der Waals surface area contributed by atoms with Gasteiger partial charge >= 0.3 is 0 Å². The first-order valence-electron chi connectivity index (χ1n) is 6.90. The standard InChI is InChI=1S/C13H27N3O.ClH/c1-3-9-16(11-13(17)14-2)10-6-12-4-7-15-8-5-12;/h12,15H,3-11H2,1-2H3,(H,14,17);1H. The van der Waals surface area contributed by atoms with Crippen LogP contribution in [0.2, 0.25) is 0 Å². The quantitative estimate of drug-likeness (QED) is 0.736. The van der Waals surface area contributed by atoms with Gasteiger partial charge in [0.1, 0.15) is 0 Å². The van der Waals surface area contributed by atoms with Crippen molar-refractivity contribution in [2.24, 2.45) is 5.92 Å². The zero-order chi connectivity index (χ0) is 12.5. The van der Waals surface area contributed by atoms with E-state index in [1.54, 1.807) is 7.05 Å². The van der Waals surface area contributed by atoms with Gasteiger partial charge in [-0.15, -0.1) is 12.4 Å². The van der Waals surface area contributed by atoms with Gasteiger partial charge in [0.25, 0.3) is 0 Å². The van der Waals surface area contributed by atoms with Crippen LogP contribution >= 0.6 is 12.4 Å². The number of hydrogen-bond donors (Lipinski definition) is 2. The molecular formula is C13H28ClN3O. The summed E-state index contributed by atoms with van der Waals surface area (Å²) in [6.07, 6.45) is 4.93. The average Bonchev–Trinajstić information content (AvgIpc) is 2.37. The molecule has 0 bridgehead atoms. The van der Waals surface area contributed by atoms with Gasteiger partial charge in [0.2, 0.25) is 5.91 Å². The molecule has 0 spiro atoms. The molecule has 0 saturated carbocycles. The molecule has 1 aliphatic rings. The molecule has 1 saturated heterocycles. The first-order chi connectivity index (χ1) is 8.26. The zero-order valence-electron chi connectivity index (χ0n) is 11.7. The smallest absolute Gasteiger partial charge is 0.233 e. The minimum Gasteiger partial charge on any atom is -0.358 e. The number of carbonyl (C=O) groups is 1. The lowest BCUT2D eigenvalue weighted by molar-refractivity contribution is -0.121. The molecule has 1 aliphatic heterocycles. The van der Waals surface area contributed by atoms with E-state index in [1.807, 2.05) is 0 Å². The van der Waals surface area contributed by atoms with Crippen molar-refractivity contribution in [1.29, 1.82) is 0 Å². The minimum atomic E-state index is 0. The van der Waals surface area contributed by atoms with E-state index >= 15 is 0 Å². The van der Waals surface area contributed by atoms with E-state index in [2.05, 4.69) is 22.5 Å². The molecule has 0 radical (unpaired) electrons. The topological polar surface area (TPSA) is 44.4 Å². The highest BCUT2D eigenvalue weighted by molar-refractivity contribution is 5.85. The Kier molecular flexibility index (Phi) is 10.4. The predicted molar refractivity (Wildman–Crippen MR) is 78.3 cm³/mol. The van der Waals surface area contributed by atoms with Crippen LogP contribution in [0.5, 0.6) is 0 Å². The van der Waals surface area contributed by atoms with Crippen molar-refractivity contribution < 1.29 is 4.79 Å². The Morgan fingerprint density at radius 2 is 2.00 bits per heavy atom. The number of nitrogens with zero attached hydrogens (tertiary/aromatic N) is 1. The average molecular weight is 278 g/mol. The van der Waals surface area contributed by atoms with Gasteiger partial charge in [-0.1, -0.05) is 6.92 Å². The van der Waals surface area contributed by atoms with E-state index in [0.29, 0.717) is 6.54 Å². The molecular weight excluding hydrogens is 250 g/mol. The third kappa shape index (κ3) is 7.19. The normalized spacial score (nSPS) is 16.4. The highest BCUT2D eigenvalue weighted by atomic mass is 35.5. The first-order valence-corrected chi connectivity index (χ1v) is 6.90. The number of rotatable bonds is 7. The van der Waals surface area contributed by atoms with E-state index < -0.39 is 0 Å². The van der Waals surface area contributed by atoms with E-state index in [9.17, 15) is 4.79 Å². The number of nitrogens with one attached hydrogen (secondary N) is 2. The fraction of sp³-hybridized carbons (Fsp3) is 0.923.